The van der Waals surface area contributed by atoms with Crippen molar-refractivity contribution in [2.24, 2.45) is 0 Å². The Bertz CT molecular complexity index is 1640. The first-order valence-corrected chi connectivity index (χ1v) is 15.5. The number of nitrogens with one attached hydrogen (secondary N) is 2. The number of nitrogens with zero attached hydrogens (tertiary/aromatic N) is 5. The number of sulfonamides is 1. The van der Waals surface area contributed by atoms with Crippen molar-refractivity contribution >= 4 is 39.2 Å². The lowest BCUT2D eigenvalue weighted by molar-refractivity contribution is 0.102. The van der Waals surface area contributed by atoms with Crippen LogP contribution in [0.25, 0.3) is 0 Å². The molecule has 2 N–H and O–H groups in total. The highest BCUT2D eigenvalue weighted by atomic mass is 32.2. The molecule has 1 aliphatic heterocycles. The molecule has 0 aliphatic carbocycles. The van der Waals surface area contributed by atoms with Crippen LogP contribution in [0.3, 0.4) is 0 Å². The molecule has 0 radical (unpaired) electrons. The summed E-state index contributed by atoms with van der Waals surface area (Å²) in [6.45, 7) is 1.94. The van der Waals surface area contributed by atoms with Crippen LogP contribution in [0.2, 0.25) is 0 Å². The molecule has 0 saturated heterocycles. The third-order valence-corrected chi connectivity index (χ3v) is 9.09. The normalized spacial score (nSPS) is 13.4. The second-order valence-corrected chi connectivity index (χ2v) is 12.6. The van der Waals surface area contributed by atoms with Crippen molar-refractivity contribution < 1.29 is 36.3 Å². The predicted molar refractivity (Wildman–Crippen MR) is 164 cm³/mol. The summed E-state index contributed by atoms with van der Waals surface area (Å²) in [5, 5.41) is 10.2. The summed E-state index contributed by atoms with van der Waals surface area (Å²) in [5.74, 6) is -2.70. The lowest BCUT2D eigenvalue weighted by atomic mass is 10.1. The number of carbonyl (C=O) groups is 2. The van der Waals surface area contributed by atoms with E-state index in [0.717, 1.165) is 39.9 Å². The molecule has 1 aliphatic rings. The number of likely N-dealkylation sites (N-methyl/N-ethyl adjacent to an activating group) is 2. The Morgan fingerprint density at radius 3 is 2.40 bits per heavy atom. The van der Waals surface area contributed by atoms with Crippen LogP contribution in [0.4, 0.5) is 30.8 Å². The maximum absolute atomic E-state index is 13.9. The van der Waals surface area contributed by atoms with E-state index in [2.05, 4.69) is 25.5 Å². The Hall–Kier alpha value is -4.12. The second-order valence-electron chi connectivity index (χ2n) is 10.7. The SMILES string of the molecule is COCCNc1cc(N(C)CCN(C)C)ccc1C(=O)Nc1nn(C(=O)OC)c2c1CN(S(=O)(=O)c1cc(F)cc(F)c1)CC2. The molecule has 3 aromatic rings. The number of hydrogen-bond acceptors (Lipinski definition) is 10. The van der Waals surface area contributed by atoms with Crippen LogP contribution in [-0.4, -0.2) is 108 Å². The monoisotopic (exact) mass is 649 g/mol. The van der Waals surface area contributed by atoms with Gasteiger partial charge in [-0.05, 0) is 44.4 Å². The van der Waals surface area contributed by atoms with Gasteiger partial charge in [0.05, 0.1) is 29.9 Å². The minimum atomic E-state index is -4.35. The van der Waals surface area contributed by atoms with Gasteiger partial charge in [0, 0.05) is 76.3 Å². The van der Waals surface area contributed by atoms with Gasteiger partial charge in [0.2, 0.25) is 10.0 Å². The highest BCUT2D eigenvalue weighted by Gasteiger charge is 2.35. The number of anilines is 3. The first kappa shape index (κ1) is 33.8. The van der Waals surface area contributed by atoms with E-state index in [1.54, 1.807) is 19.2 Å². The lowest BCUT2D eigenvalue weighted by Crippen LogP contribution is -2.37. The number of methoxy groups -OCH3 is 2. The fourth-order valence-corrected chi connectivity index (χ4v) is 6.27. The van der Waals surface area contributed by atoms with Gasteiger partial charge in [0.1, 0.15) is 11.6 Å². The van der Waals surface area contributed by atoms with E-state index >= 15 is 0 Å². The van der Waals surface area contributed by atoms with Crippen LogP contribution in [0.5, 0.6) is 0 Å². The number of amides is 1. The van der Waals surface area contributed by atoms with Gasteiger partial charge in [-0.25, -0.2) is 22.0 Å². The molecule has 0 spiro atoms. The fraction of sp³-hybridized carbons (Fsp3) is 0.414. The smallest absolute Gasteiger partial charge is 0.434 e. The third-order valence-electron chi connectivity index (χ3n) is 7.27. The Labute approximate surface area is 260 Å². The molecule has 0 saturated carbocycles. The number of carbonyl (C=O) groups excluding carboxylic acids is 2. The van der Waals surface area contributed by atoms with E-state index in [1.807, 2.05) is 27.2 Å². The zero-order valence-electron chi connectivity index (χ0n) is 25.8. The Morgan fingerprint density at radius 2 is 1.76 bits per heavy atom. The Morgan fingerprint density at radius 1 is 1.04 bits per heavy atom. The number of fused-ring (bicyclic) bond motifs is 1. The molecular formula is C29H37F2N7O6S. The number of ether oxygens (including phenoxy) is 2. The summed E-state index contributed by atoms with van der Waals surface area (Å²) >= 11 is 0. The maximum atomic E-state index is 13.9. The second kappa shape index (κ2) is 14.3. The summed E-state index contributed by atoms with van der Waals surface area (Å²) in [6.07, 6.45) is -0.815. The number of hydrogen-bond donors (Lipinski definition) is 2. The van der Waals surface area contributed by atoms with E-state index in [1.165, 1.54) is 7.11 Å². The number of halogens is 2. The van der Waals surface area contributed by atoms with Crippen molar-refractivity contribution in [2.75, 3.05) is 83.7 Å². The molecule has 4 rings (SSSR count). The van der Waals surface area contributed by atoms with Crippen molar-refractivity contribution in [1.82, 2.24) is 19.0 Å². The molecule has 1 aromatic heterocycles. The molecule has 2 aromatic carbocycles. The summed E-state index contributed by atoms with van der Waals surface area (Å²) in [4.78, 5) is 29.8. The largest absolute Gasteiger partial charge is 0.451 e. The highest BCUT2D eigenvalue weighted by Crippen LogP contribution is 2.32. The van der Waals surface area contributed by atoms with E-state index in [-0.39, 0.29) is 36.5 Å². The van der Waals surface area contributed by atoms with Crippen molar-refractivity contribution in [3.8, 4) is 0 Å². The quantitative estimate of drug-likeness (QED) is 0.282. The van der Waals surface area contributed by atoms with Gasteiger partial charge in [-0.1, -0.05) is 0 Å². The van der Waals surface area contributed by atoms with Crippen molar-refractivity contribution in [2.45, 2.75) is 17.9 Å². The van der Waals surface area contributed by atoms with Crippen LogP contribution in [0.15, 0.2) is 41.3 Å². The molecular weight excluding hydrogens is 612 g/mol. The molecule has 0 unspecified atom stereocenters. The third kappa shape index (κ3) is 7.76. The Kier molecular flexibility index (Phi) is 10.7. The Balaban J connectivity index is 1.67. The molecule has 2 heterocycles. The van der Waals surface area contributed by atoms with E-state index in [9.17, 15) is 26.8 Å². The molecule has 45 heavy (non-hydrogen) atoms. The first-order chi connectivity index (χ1) is 21.3. The molecule has 0 fully saturated rings. The van der Waals surface area contributed by atoms with Gasteiger partial charge in [-0.3, -0.25) is 4.79 Å². The van der Waals surface area contributed by atoms with Crippen LogP contribution >= 0.6 is 0 Å². The predicted octanol–water partition coefficient (Wildman–Crippen LogP) is 2.83. The molecule has 0 atom stereocenters. The summed E-state index contributed by atoms with van der Waals surface area (Å²) in [6, 6.07) is 7.34. The molecule has 13 nitrogen and oxygen atoms in total. The number of aromatic nitrogens is 2. The molecule has 244 valence electrons. The molecule has 0 bridgehead atoms. The van der Waals surface area contributed by atoms with Crippen molar-refractivity contribution in [1.29, 1.82) is 0 Å². The van der Waals surface area contributed by atoms with Crippen molar-refractivity contribution in [3.05, 3.63) is 64.9 Å². The van der Waals surface area contributed by atoms with E-state index in [0.29, 0.717) is 30.6 Å². The van der Waals surface area contributed by atoms with Crippen LogP contribution in [0.1, 0.15) is 21.6 Å². The van der Waals surface area contributed by atoms with Crippen molar-refractivity contribution in [3.63, 3.8) is 0 Å². The van der Waals surface area contributed by atoms with Gasteiger partial charge in [0.15, 0.2) is 5.82 Å². The van der Waals surface area contributed by atoms with Gasteiger partial charge >= 0.3 is 6.09 Å². The number of rotatable bonds is 12. The van der Waals surface area contributed by atoms with Crippen LogP contribution in [-0.2, 0) is 32.5 Å². The minimum absolute atomic E-state index is 0.0160. The van der Waals surface area contributed by atoms with E-state index < -0.39 is 38.6 Å². The average molecular weight is 650 g/mol. The van der Waals surface area contributed by atoms with Gasteiger partial charge in [-0.2, -0.15) is 8.99 Å². The van der Waals surface area contributed by atoms with Crippen LogP contribution < -0.4 is 15.5 Å². The molecule has 1 amide bonds. The van der Waals surface area contributed by atoms with Crippen LogP contribution in [0, 0.1) is 11.6 Å². The van der Waals surface area contributed by atoms with E-state index in [4.69, 9.17) is 9.47 Å². The van der Waals surface area contributed by atoms with Gasteiger partial charge in [0.25, 0.3) is 5.91 Å². The lowest BCUT2D eigenvalue weighted by Gasteiger charge is -2.27. The highest BCUT2D eigenvalue weighted by molar-refractivity contribution is 7.89. The maximum Gasteiger partial charge on any atom is 0.434 e. The topological polar surface area (TPSA) is 138 Å². The first-order valence-electron chi connectivity index (χ1n) is 14.0. The average Bonchev–Trinajstić information content (AvgIpc) is 3.36. The van der Waals surface area contributed by atoms with Gasteiger partial charge in [-0.15, -0.1) is 5.10 Å². The molecule has 16 heteroatoms. The standard InChI is InChI=1S/C29H37F2N7O6S/c1-35(2)11-12-36(3)21-6-7-23(25(17-21)32-9-13-43-4)28(39)33-27-24-18-37(10-8-26(24)38(34-27)29(40)44-5)45(41,42)22-15-19(30)14-20(31)16-22/h6-7,14-17,32H,8-13,18H2,1-5H3,(H,33,34,39). The fourth-order valence-electron chi connectivity index (χ4n) is 4.82. The summed E-state index contributed by atoms with van der Waals surface area (Å²) in [5.41, 5.74) is 2.25. The summed E-state index contributed by atoms with van der Waals surface area (Å²) < 4.78 is 66.5. The number of benzene rings is 2. The van der Waals surface area contributed by atoms with Gasteiger partial charge < -0.3 is 29.9 Å². The zero-order chi connectivity index (χ0) is 32.9. The summed E-state index contributed by atoms with van der Waals surface area (Å²) in [7, 11) is 4.29. The zero-order valence-corrected chi connectivity index (χ0v) is 26.6. The minimum Gasteiger partial charge on any atom is -0.451 e.